The topological polar surface area (TPSA) is 42.2 Å². The fourth-order valence-electron chi connectivity index (χ4n) is 1.48. The van der Waals surface area contributed by atoms with Gasteiger partial charge in [-0.05, 0) is 41.5 Å². The molecule has 0 bridgehead atoms. The normalized spacial score (nSPS) is 16.8. The Bertz CT molecular complexity index is 276. The predicted octanol–water partition coefficient (Wildman–Crippen LogP) is 1.95. The van der Waals surface area contributed by atoms with E-state index in [9.17, 15) is 0 Å². The Morgan fingerprint density at radius 3 is 1.57 bits per heavy atom. The second-order valence-electron chi connectivity index (χ2n) is 5.48. The molecule has 0 aliphatic carbocycles. The highest BCUT2D eigenvalue weighted by atomic mass is 15.9. The zero-order valence-electron chi connectivity index (χ0n) is 9.79. The second-order valence-corrected chi connectivity index (χ2v) is 5.48. The summed E-state index contributed by atoms with van der Waals surface area (Å²) in [6.45, 7) is 12.6. The minimum atomic E-state index is -0.0109. The monoisotopic (exact) mass is 194 g/mol. The van der Waals surface area contributed by atoms with Crippen LogP contribution in [0.5, 0.6) is 0 Å². The SMILES string of the molecule is CC(C)(C)N1C(=NC#N)N1C(C)(C)C. The Morgan fingerprint density at radius 2 is 1.36 bits per heavy atom. The van der Waals surface area contributed by atoms with Crippen molar-refractivity contribution in [3.63, 3.8) is 0 Å². The molecule has 0 aromatic rings. The van der Waals surface area contributed by atoms with Crippen molar-refractivity contribution in [2.24, 2.45) is 4.99 Å². The van der Waals surface area contributed by atoms with Gasteiger partial charge in [0.05, 0.1) is 11.1 Å². The highest BCUT2D eigenvalue weighted by Crippen LogP contribution is 2.37. The first-order valence-electron chi connectivity index (χ1n) is 4.77. The molecule has 1 aliphatic heterocycles. The molecule has 0 amide bonds. The molecule has 0 atom stereocenters. The van der Waals surface area contributed by atoms with Gasteiger partial charge in [-0.25, -0.2) is 10.0 Å². The third kappa shape index (κ3) is 1.82. The summed E-state index contributed by atoms with van der Waals surface area (Å²) in [7, 11) is 0. The quantitative estimate of drug-likeness (QED) is 0.437. The van der Waals surface area contributed by atoms with E-state index in [1.54, 1.807) is 0 Å². The van der Waals surface area contributed by atoms with Gasteiger partial charge in [0.1, 0.15) is 0 Å². The van der Waals surface area contributed by atoms with Crippen LogP contribution in [0, 0.1) is 11.5 Å². The molecule has 4 heteroatoms. The number of nitriles is 1. The second kappa shape index (κ2) is 2.88. The number of aliphatic imine (C=N–C) groups is 1. The van der Waals surface area contributed by atoms with Gasteiger partial charge < -0.3 is 0 Å². The molecule has 1 aliphatic rings. The van der Waals surface area contributed by atoms with Gasteiger partial charge in [-0.1, -0.05) is 0 Å². The molecule has 0 aromatic heterocycles. The maximum atomic E-state index is 8.55. The lowest BCUT2D eigenvalue weighted by Crippen LogP contribution is -2.36. The fourth-order valence-corrected chi connectivity index (χ4v) is 1.48. The lowest BCUT2D eigenvalue weighted by Gasteiger charge is -2.27. The van der Waals surface area contributed by atoms with Crippen molar-refractivity contribution in [3.8, 4) is 6.19 Å². The number of hydrazine groups is 1. The standard InChI is InChI=1S/C10H18N4/c1-9(2,3)13-8(12-7-11)14(13)10(4,5)6/h1-6H3. The molecule has 0 spiro atoms. The van der Waals surface area contributed by atoms with E-state index in [1.165, 1.54) is 0 Å². The van der Waals surface area contributed by atoms with Crippen LogP contribution in [-0.4, -0.2) is 27.1 Å². The van der Waals surface area contributed by atoms with E-state index in [-0.39, 0.29) is 11.1 Å². The molecule has 0 N–H and O–H groups in total. The smallest absolute Gasteiger partial charge is 0.243 e. The maximum absolute atomic E-state index is 8.55. The van der Waals surface area contributed by atoms with Crippen molar-refractivity contribution in [3.05, 3.63) is 0 Å². The van der Waals surface area contributed by atoms with Crippen LogP contribution < -0.4 is 0 Å². The Kier molecular flexibility index (Phi) is 2.23. The summed E-state index contributed by atoms with van der Waals surface area (Å²) in [5.41, 5.74) is -0.0219. The van der Waals surface area contributed by atoms with Crippen LogP contribution >= 0.6 is 0 Å². The van der Waals surface area contributed by atoms with Crippen molar-refractivity contribution >= 4 is 5.96 Å². The molecule has 0 aromatic carbocycles. The third-order valence-corrected chi connectivity index (χ3v) is 1.96. The van der Waals surface area contributed by atoms with Gasteiger partial charge in [-0.3, -0.25) is 0 Å². The minimum absolute atomic E-state index is 0.0109. The average Bonchev–Trinajstić information content (AvgIpc) is 2.59. The van der Waals surface area contributed by atoms with Crippen molar-refractivity contribution < 1.29 is 0 Å². The highest BCUT2D eigenvalue weighted by Gasteiger charge is 2.52. The summed E-state index contributed by atoms with van der Waals surface area (Å²) in [6.07, 6.45) is 1.84. The molecule has 14 heavy (non-hydrogen) atoms. The fraction of sp³-hybridized carbons (Fsp3) is 0.800. The van der Waals surface area contributed by atoms with Gasteiger partial charge in [-0.2, -0.15) is 5.26 Å². The number of rotatable bonds is 0. The average molecular weight is 194 g/mol. The molecule has 1 saturated heterocycles. The van der Waals surface area contributed by atoms with Crippen LogP contribution in [-0.2, 0) is 0 Å². The number of nitrogens with zero attached hydrogens (tertiary/aromatic N) is 4. The van der Waals surface area contributed by atoms with Gasteiger partial charge in [0.25, 0.3) is 5.96 Å². The van der Waals surface area contributed by atoms with Crippen LogP contribution in [0.25, 0.3) is 0 Å². The van der Waals surface area contributed by atoms with Crippen LogP contribution in [0.3, 0.4) is 0 Å². The van der Waals surface area contributed by atoms with Crippen LogP contribution in [0.15, 0.2) is 4.99 Å². The minimum Gasteiger partial charge on any atom is -0.243 e. The van der Waals surface area contributed by atoms with E-state index in [0.717, 1.165) is 5.96 Å². The third-order valence-electron chi connectivity index (χ3n) is 1.96. The van der Waals surface area contributed by atoms with E-state index in [4.69, 9.17) is 5.26 Å². The molecule has 4 nitrogen and oxygen atoms in total. The molecular formula is C10H18N4. The van der Waals surface area contributed by atoms with E-state index < -0.39 is 0 Å². The van der Waals surface area contributed by atoms with Crippen molar-refractivity contribution in [2.45, 2.75) is 52.6 Å². The van der Waals surface area contributed by atoms with Crippen molar-refractivity contribution in [1.82, 2.24) is 10.0 Å². The van der Waals surface area contributed by atoms with Crippen molar-refractivity contribution in [2.75, 3.05) is 0 Å². The molecule has 0 radical (unpaired) electrons. The number of hydrogen-bond acceptors (Lipinski definition) is 2. The van der Waals surface area contributed by atoms with Gasteiger partial charge in [0, 0.05) is 0 Å². The molecule has 0 saturated carbocycles. The molecular weight excluding hydrogens is 176 g/mol. The first-order chi connectivity index (χ1) is 6.19. The summed E-state index contributed by atoms with van der Waals surface area (Å²) in [5.74, 6) is 0.771. The first kappa shape index (κ1) is 10.8. The van der Waals surface area contributed by atoms with Crippen LogP contribution in [0.2, 0.25) is 0 Å². The number of guanidine groups is 1. The summed E-state index contributed by atoms with van der Waals surface area (Å²) in [4.78, 5) is 3.81. The van der Waals surface area contributed by atoms with Crippen LogP contribution in [0.4, 0.5) is 0 Å². The van der Waals surface area contributed by atoms with E-state index in [2.05, 4.69) is 56.6 Å². The summed E-state index contributed by atoms with van der Waals surface area (Å²) < 4.78 is 0. The van der Waals surface area contributed by atoms with Crippen molar-refractivity contribution in [1.29, 1.82) is 5.26 Å². The van der Waals surface area contributed by atoms with Gasteiger partial charge in [0.2, 0.25) is 6.19 Å². The molecule has 1 heterocycles. The van der Waals surface area contributed by atoms with Gasteiger partial charge >= 0.3 is 0 Å². The Morgan fingerprint density at radius 1 is 1.00 bits per heavy atom. The van der Waals surface area contributed by atoms with Gasteiger partial charge in [-0.15, -0.1) is 4.99 Å². The lowest BCUT2D eigenvalue weighted by atomic mass is 10.1. The predicted molar refractivity (Wildman–Crippen MR) is 56.2 cm³/mol. The Labute approximate surface area is 85.8 Å². The highest BCUT2D eigenvalue weighted by molar-refractivity contribution is 5.93. The summed E-state index contributed by atoms with van der Waals surface area (Å²) in [5, 5.41) is 12.7. The Hall–Kier alpha value is -1.24. The Balaban J connectivity index is 2.93. The van der Waals surface area contributed by atoms with Gasteiger partial charge in [0.15, 0.2) is 0 Å². The lowest BCUT2D eigenvalue weighted by molar-refractivity contribution is 0.110. The van der Waals surface area contributed by atoms with E-state index in [1.807, 2.05) is 6.19 Å². The maximum Gasteiger partial charge on any atom is 0.251 e. The summed E-state index contributed by atoms with van der Waals surface area (Å²) >= 11 is 0. The first-order valence-corrected chi connectivity index (χ1v) is 4.77. The summed E-state index contributed by atoms with van der Waals surface area (Å²) in [6, 6.07) is 0. The van der Waals surface area contributed by atoms with E-state index >= 15 is 0 Å². The van der Waals surface area contributed by atoms with Crippen LogP contribution in [0.1, 0.15) is 41.5 Å². The molecule has 1 rings (SSSR count). The molecule has 0 unspecified atom stereocenters. The number of hydrogen-bond donors (Lipinski definition) is 0. The molecule has 78 valence electrons. The molecule has 1 fully saturated rings. The van der Waals surface area contributed by atoms with E-state index in [0.29, 0.717) is 0 Å². The largest absolute Gasteiger partial charge is 0.251 e. The zero-order valence-corrected chi connectivity index (χ0v) is 9.79. The zero-order chi connectivity index (χ0) is 11.1.